The second kappa shape index (κ2) is 6.38. The Morgan fingerprint density at radius 3 is 3.13 bits per heavy atom. The summed E-state index contributed by atoms with van der Waals surface area (Å²) in [6, 6.07) is 8.74. The molecule has 1 aliphatic carbocycles. The highest BCUT2D eigenvalue weighted by molar-refractivity contribution is 5.48. The van der Waals surface area contributed by atoms with Crippen LogP contribution in [0.4, 0.5) is 0 Å². The van der Waals surface area contributed by atoms with Gasteiger partial charge < -0.3 is 19.5 Å². The number of nitrogens with zero attached hydrogens (tertiary/aromatic N) is 1. The van der Waals surface area contributed by atoms with E-state index in [-0.39, 0.29) is 6.10 Å². The lowest BCUT2D eigenvalue weighted by Crippen LogP contribution is -2.42. The van der Waals surface area contributed by atoms with E-state index in [0.29, 0.717) is 31.3 Å². The van der Waals surface area contributed by atoms with Gasteiger partial charge in [0.05, 0.1) is 24.7 Å². The zero-order valence-corrected chi connectivity index (χ0v) is 13.2. The molecule has 5 nitrogen and oxygen atoms in total. The maximum atomic E-state index is 8.90. The number of ether oxygens (including phenoxy) is 3. The molecule has 5 heteroatoms. The molecule has 1 aromatic rings. The van der Waals surface area contributed by atoms with Gasteiger partial charge in [-0.15, -0.1) is 0 Å². The monoisotopic (exact) mass is 314 g/mol. The van der Waals surface area contributed by atoms with Crippen molar-refractivity contribution in [1.29, 1.82) is 5.26 Å². The van der Waals surface area contributed by atoms with E-state index in [2.05, 4.69) is 17.5 Å². The molecule has 1 saturated carbocycles. The largest absolute Gasteiger partial charge is 0.454 e. The first kappa shape index (κ1) is 14.8. The molecular formula is C18H22N2O3. The maximum Gasteiger partial charge on any atom is 0.231 e. The van der Waals surface area contributed by atoms with Gasteiger partial charge in [-0.05, 0) is 31.7 Å². The molecule has 0 aromatic heterocycles. The number of para-hydroxylation sites is 1. The number of nitrogens with one attached hydrogen (secondary N) is 1. The summed E-state index contributed by atoms with van der Waals surface area (Å²) in [4.78, 5) is 0. The topological polar surface area (TPSA) is 63.5 Å². The molecular weight excluding hydrogens is 292 g/mol. The normalized spacial score (nSPS) is 31.6. The first-order valence-electron chi connectivity index (χ1n) is 8.48. The molecule has 2 fully saturated rings. The van der Waals surface area contributed by atoms with Crippen LogP contribution in [0.2, 0.25) is 0 Å². The van der Waals surface area contributed by atoms with Crippen LogP contribution in [0.25, 0.3) is 0 Å². The second-order valence-electron chi connectivity index (χ2n) is 6.63. The Kier molecular flexibility index (Phi) is 4.11. The highest BCUT2D eigenvalue weighted by Gasteiger charge is 2.41. The maximum absolute atomic E-state index is 8.90. The molecule has 2 heterocycles. The first-order valence-corrected chi connectivity index (χ1v) is 8.48. The van der Waals surface area contributed by atoms with Crippen LogP contribution in [0, 0.1) is 17.2 Å². The first-order chi connectivity index (χ1) is 11.3. The quantitative estimate of drug-likeness (QED) is 0.926. The zero-order chi connectivity index (χ0) is 15.6. The van der Waals surface area contributed by atoms with E-state index in [1.54, 1.807) is 0 Å². The molecule has 4 atom stereocenters. The highest BCUT2D eigenvalue weighted by atomic mass is 16.7. The smallest absolute Gasteiger partial charge is 0.231 e. The summed E-state index contributed by atoms with van der Waals surface area (Å²) < 4.78 is 17.1. The number of fused-ring (bicyclic) bond motifs is 2. The van der Waals surface area contributed by atoms with E-state index in [4.69, 9.17) is 19.5 Å². The van der Waals surface area contributed by atoms with Gasteiger partial charge in [0.2, 0.25) is 6.79 Å². The fourth-order valence-electron chi connectivity index (χ4n) is 4.18. The van der Waals surface area contributed by atoms with Crippen molar-refractivity contribution in [3.8, 4) is 17.6 Å². The molecule has 1 saturated heterocycles. The van der Waals surface area contributed by atoms with E-state index in [1.807, 2.05) is 12.1 Å². The Balaban J connectivity index is 1.41. The average molecular weight is 314 g/mol. The van der Waals surface area contributed by atoms with Crippen LogP contribution in [-0.4, -0.2) is 25.0 Å². The lowest BCUT2D eigenvalue weighted by Gasteiger charge is -2.33. The van der Waals surface area contributed by atoms with Gasteiger partial charge in [0.25, 0.3) is 0 Å². The van der Waals surface area contributed by atoms with E-state index >= 15 is 0 Å². The Morgan fingerprint density at radius 1 is 1.26 bits per heavy atom. The fourth-order valence-corrected chi connectivity index (χ4v) is 4.18. The molecule has 0 radical (unpaired) electrons. The van der Waals surface area contributed by atoms with Gasteiger partial charge in [-0.2, -0.15) is 5.26 Å². The number of nitriles is 1. The van der Waals surface area contributed by atoms with Crippen LogP contribution >= 0.6 is 0 Å². The third kappa shape index (κ3) is 2.89. The third-order valence-electron chi connectivity index (χ3n) is 5.25. The Morgan fingerprint density at radius 2 is 2.22 bits per heavy atom. The zero-order valence-electron chi connectivity index (χ0n) is 13.2. The van der Waals surface area contributed by atoms with Crippen LogP contribution < -0.4 is 14.8 Å². The summed E-state index contributed by atoms with van der Waals surface area (Å²) in [5.74, 6) is 2.23. The van der Waals surface area contributed by atoms with Crippen molar-refractivity contribution in [1.82, 2.24) is 5.32 Å². The standard InChI is InChI=1S/C18H22N2O3/c19-8-7-13-9-14-15(4-2-5-16(14)23-13)20-10-12-3-1-6-17-18(12)22-11-21-17/h1,3,6,13-16,20H,2,4-5,7,9-11H2/t13-,14-,15+,16-/m1/s1. The SMILES string of the molecule is N#CC[C@@H]1C[C@@H]2[C@@H](NCc3cccc4c3OCO4)CCC[C@H]2O1. The summed E-state index contributed by atoms with van der Waals surface area (Å²) in [5, 5.41) is 12.6. The van der Waals surface area contributed by atoms with Crippen molar-refractivity contribution < 1.29 is 14.2 Å². The molecule has 0 bridgehead atoms. The lowest BCUT2D eigenvalue weighted by atomic mass is 9.81. The highest BCUT2D eigenvalue weighted by Crippen LogP contribution is 2.39. The predicted octanol–water partition coefficient (Wildman–Crippen LogP) is 2.74. The number of hydrogen-bond acceptors (Lipinski definition) is 5. The molecule has 4 rings (SSSR count). The van der Waals surface area contributed by atoms with Crippen LogP contribution in [0.5, 0.6) is 11.5 Å². The summed E-state index contributed by atoms with van der Waals surface area (Å²) in [6.45, 7) is 1.09. The van der Waals surface area contributed by atoms with Crippen LogP contribution in [0.3, 0.4) is 0 Å². The Labute approximate surface area is 136 Å². The minimum atomic E-state index is 0.120. The van der Waals surface area contributed by atoms with Crippen molar-refractivity contribution in [2.45, 2.75) is 56.9 Å². The van der Waals surface area contributed by atoms with E-state index in [1.165, 1.54) is 12.8 Å². The summed E-state index contributed by atoms with van der Waals surface area (Å²) in [7, 11) is 0. The van der Waals surface area contributed by atoms with Crippen molar-refractivity contribution in [2.75, 3.05) is 6.79 Å². The molecule has 122 valence electrons. The second-order valence-corrected chi connectivity index (χ2v) is 6.63. The van der Waals surface area contributed by atoms with Gasteiger partial charge >= 0.3 is 0 Å². The van der Waals surface area contributed by atoms with Crippen molar-refractivity contribution in [3.05, 3.63) is 23.8 Å². The van der Waals surface area contributed by atoms with E-state index < -0.39 is 0 Å². The number of hydrogen-bond donors (Lipinski definition) is 1. The van der Waals surface area contributed by atoms with Gasteiger partial charge in [-0.25, -0.2) is 0 Å². The van der Waals surface area contributed by atoms with Gasteiger partial charge in [-0.3, -0.25) is 0 Å². The molecule has 1 N–H and O–H groups in total. The van der Waals surface area contributed by atoms with Crippen LogP contribution in [0.15, 0.2) is 18.2 Å². The lowest BCUT2D eigenvalue weighted by molar-refractivity contribution is 0.0139. The van der Waals surface area contributed by atoms with Gasteiger partial charge in [-0.1, -0.05) is 12.1 Å². The molecule has 0 amide bonds. The molecule has 0 spiro atoms. The van der Waals surface area contributed by atoms with Crippen molar-refractivity contribution in [2.24, 2.45) is 5.92 Å². The Hall–Kier alpha value is -1.77. The summed E-state index contributed by atoms with van der Waals surface area (Å²) >= 11 is 0. The van der Waals surface area contributed by atoms with Crippen molar-refractivity contribution >= 4 is 0 Å². The number of benzene rings is 1. The minimum Gasteiger partial charge on any atom is -0.454 e. The summed E-state index contributed by atoms with van der Waals surface area (Å²) in [6.07, 6.45) is 5.44. The average Bonchev–Trinajstić information content (AvgIpc) is 3.19. The predicted molar refractivity (Wildman–Crippen MR) is 84.0 cm³/mol. The molecule has 23 heavy (non-hydrogen) atoms. The molecule has 2 aliphatic heterocycles. The van der Waals surface area contributed by atoms with Crippen LogP contribution in [0.1, 0.15) is 37.7 Å². The van der Waals surface area contributed by atoms with Crippen LogP contribution in [-0.2, 0) is 11.3 Å². The van der Waals surface area contributed by atoms with Gasteiger partial charge in [0.1, 0.15) is 0 Å². The molecule has 3 aliphatic rings. The third-order valence-corrected chi connectivity index (χ3v) is 5.25. The van der Waals surface area contributed by atoms with Gasteiger partial charge in [0.15, 0.2) is 11.5 Å². The molecule has 0 unspecified atom stereocenters. The fraction of sp³-hybridized carbons (Fsp3) is 0.611. The summed E-state index contributed by atoms with van der Waals surface area (Å²) in [5.41, 5.74) is 1.15. The van der Waals surface area contributed by atoms with E-state index in [0.717, 1.165) is 36.4 Å². The molecule has 1 aromatic carbocycles. The Bertz CT molecular complexity index is 613. The van der Waals surface area contributed by atoms with E-state index in [9.17, 15) is 0 Å². The van der Waals surface area contributed by atoms with Gasteiger partial charge in [0, 0.05) is 24.1 Å². The van der Waals surface area contributed by atoms with Crippen molar-refractivity contribution in [3.63, 3.8) is 0 Å². The number of rotatable bonds is 4. The minimum absolute atomic E-state index is 0.120.